The summed E-state index contributed by atoms with van der Waals surface area (Å²) in [5.41, 5.74) is 1.31. The molecule has 1 heterocycles. The highest BCUT2D eigenvalue weighted by atomic mass is 16.3. The summed E-state index contributed by atoms with van der Waals surface area (Å²) in [6.45, 7) is 9.51. The molecule has 0 amide bonds. The average Bonchev–Trinajstić information content (AvgIpc) is 2.57. The van der Waals surface area contributed by atoms with Crippen LogP contribution in [-0.4, -0.2) is 17.8 Å². The molecule has 3 heteroatoms. The van der Waals surface area contributed by atoms with Crippen molar-refractivity contribution >= 4 is 0 Å². The predicted octanol–water partition coefficient (Wildman–Crippen LogP) is 2.47. The van der Waals surface area contributed by atoms with Crippen molar-refractivity contribution in [2.75, 3.05) is 6.61 Å². The van der Waals surface area contributed by atoms with E-state index in [4.69, 9.17) is 9.52 Å². The third-order valence-electron chi connectivity index (χ3n) is 2.94. The molecule has 0 bridgehead atoms. The largest absolute Gasteiger partial charge is 0.468 e. The number of hydrogen-bond donors (Lipinski definition) is 2. The van der Waals surface area contributed by atoms with Crippen LogP contribution < -0.4 is 5.32 Å². The van der Waals surface area contributed by atoms with E-state index in [1.165, 1.54) is 5.56 Å². The fraction of sp³-hybridized carbons (Fsp3) is 0.692. The molecule has 0 fully saturated rings. The quantitative estimate of drug-likeness (QED) is 0.809. The molecule has 0 spiro atoms. The Morgan fingerprint density at radius 1 is 1.44 bits per heavy atom. The monoisotopic (exact) mass is 225 g/mol. The molecule has 0 aliphatic carbocycles. The summed E-state index contributed by atoms with van der Waals surface area (Å²) in [7, 11) is 0. The van der Waals surface area contributed by atoms with Gasteiger partial charge < -0.3 is 14.8 Å². The predicted molar refractivity (Wildman–Crippen MR) is 65.2 cm³/mol. The van der Waals surface area contributed by atoms with Crippen molar-refractivity contribution in [3.05, 3.63) is 23.7 Å². The van der Waals surface area contributed by atoms with E-state index in [0.29, 0.717) is 6.04 Å². The van der Waals surface area contributed by atoms with Crippen LogP contribution in [0.5, 0.6) is 0 Å². The maximum atomic E-state index is 9.05. The van der Waals surface area contributed by atoms with Crippen LogP contribution in [0.25, 0.3) is 0 Å². The van der Waals surface area contributed by atoms with E-state index in [9.17, 15) is 0 Å². The van der Waals surface area contributed by atoms with Gasteiger partial charge in [0.05, 0.1) is 12.8 Å². The van der Waals surface area contributed by atoms with Crippen molar-refractivity contribution in [3.63, 3.8) is 0 Å². The summed E-state index contributed by atoms with van der Waals surface area (Å²) in [6, 6.07) is 2.26. The van der Waals surface area contributed by atoms with Crippen LogP contribution in [0.4, 0.5) is 0 Å². The van der Waals surface area contributed by atoms with Crippen molar-refractivity contribution in [1.82, 2.24) is 5.32 Å². The van der Waals surface area contributed by atoms with E-state index in [1.807, 2.05) is 13.0 Å². The lowest BCUT2D eigenvalue weighted by Crippen LogP contribution is -2.40. The third kappa shape index (κ3) is 3.65. The first kappa shape index (κ1) is 13.3. The van der Waals surface area contributed by atoms with Gasteiger partial charge in [0.25, 0.3) is 0 Å². The van der Waals surface area contributed by atoms with Gasteiger partial charge in [-0.25, -0.2) is 0 Å². The van der Waals surface area contributed by atoms with Gasteiger partial charge in [0.15, 0.2) is 0 Å². The van der Waals surface area contributed by atoms with Gasteiger partial charge in [-0.2, -0.15) is 0 Å². The molecule has 1 aromatic rings. The van der Waals surface area contributed by atoms with E-state index in [0.717, 1.165) is 18.7 Å². The minimum absolute atomic E-state index is 0.142. The first-order valence-corrected chi connectivity index (χ1v) is 5.82. The minimum atomic E-state index is 0.142. The Kier molecular flexibility index (Phi) is 4.56. The Morgan fingerprint density at radius 2 is 2.12 bits per heavy atom. The van der Waals surface area contributed by atoms with Gasteiger partial charge in [0.2, 0.25) is 0 Å². The van der Waals surface area contributed by atoms with Crippen LogP contribution in [0.1, 0.15) is 38.5 Å². The number of aliphatic hydroxyl groups excluding tert-OH is 1. The maximum absolute atomic E-state index is 9.05. The fourth-order valence-electron chi connectivity index (χ4n) is 1.77. The lowest BCUT2D eigenvalue weighted by atomic mass is 9.85. The van der Waals surface area contributed by atoms with Crippen LogP contribution in [0.3, 0.4) is 0 Å². The first-order valence-electron chi connectivity index (χ1n) is 5.82. The second-order valence-electron chi connectivity index (χ2n) is 5.34. The van der Waals surface area contributed by atoms with Crippen molar-refractivity contribution in [1.29, 1.82) is 0 Å². The smallest absolute Gasteiger partial charge is 0.120 e. The topological polar surface area (TPSA) is 45.4 Å². The normalized spacial score (nSPS) is 14.1. The Morgan fingerprint density at radius 3 is 2.56 bits per heavy atom. The highest BCUT2D eigenvalue weighted by Gasteiger charge is 2.23. The molecule has 1 rings (SSSR count). The highest BCUT2D eigenvalue weighted by molar-refractivity contribution is 5.14. The number of hydrogen-bond acceptors (Lipinski definition) is 3. The summed E-state index contributed by atoms with van der Waals surface area (Å²) in [5.74, 6) is 0.979. The van der Waals surface area contributed by atoms with Gasteiger partial charge in [-0.05, 0) is 30.4 Å². The zero-order valence-corrected chi connectivity index (χ0v) is 10.7. The third-order valence-corrected chi connectivity index (χ3v) is 2.94. The second kappa shape index (κ2) is 5.51. The summed E-state index contributed by atoms with van der Waals surface area (Å²) < 4.78 is 5.38. The Hall–Kier alpha value is -0.800. The van der Waals surface area contributed by atoms with Crippen LogP contribution in [0, 0.1) is 12.3 Å². The molecule has 1 atom stereocenters. The van der Waals surface area contributed by atoms with Crippen molar-refractivity contribution in [2.45, 2.75) is 46.7 Å². The van der Waals surface area contributed by atoms with E-state index < -0.39 is 0 Å². The maximum Gasteiger partial charge on any atom is 0.120 e. The second-order valence-corrected chi connectivity index (χ2v) is 5.34. The van der Waals surface area contributed by atoms with E-state index in [-0.39, 0.29) is 12.0 Å². The molecule has 0 aliphatic heterocycles. The molecule has 0 radical (unpaired) electrons. The van der Waals surface area contributed by atoms with Crippen LogP contribution in [-0.2, 0) is 6.54 Å². The van der Waals surface area contributed by atoms with E-state index >= 15 is 0 Å². The Balaban J connectivity index is 2.54. The lowest BCUT2D eigenvalue weighted by molar-refractivity contribution is 0.194. The van der Waals surface area contributed by atoms with Crippen molar-refractivity contribution in [3.8, 4) is 0 Å². The average molecular weight is 225 g/mol. The van der Waals surface area contributed by atoms with Crippen molar-refractivity contribution < 1.29 is 9.52 Å². The molecule has 16 heavy (non-hydrogen) atoms. The Labute approximate surface area is 97.9 Å². The highest BCUT2D eigenvalue weighted by Crippen LogP contribution is 2.22. The number of aryl methyl sites for hydroxylation is 1. The summed E-state index contributed by atoms with van der Waals surface area (Å²) in [6.07, 6.45) is 2.48. The molecule has 3 nitrogen and oxygen atoms in total. The lowest BCUT2D eigenvalue weighted by Gasteiger charge is -2.31. The van der Waals surface area contributed by atoms with Gasteiger partial charge in [0.1, 0.15) is 5.76 Å². The molecule has 0 saturated heterocycles. The summed E-state index contributed by atoms with van der Waals surface area (Å²) in [4.78, 5) is 0. The van der Waals surface area contributed by atoms with Crippen LogP contribution >= 0.6 is 0 Å². The first-order chi connectivity index (χ1) is 7.45. The molecular weight excluding hydrogens is 202 g/mol. The molecule has 2 N–H and O–H groups in total. The van der Waals surface area contributed by atoms with Gasteiger partial charge in [-0.1, -0.05) is 20.8 Å². The van der Waals surface area contributed by atoms with Crippen molar-refractivity contribution in [2.24, 2.45) is 5.41 Å². The standard InChI is InChI=1S/C13H23NO2/c1-10-6-8-16-11(10)9-14-12(5-7-15)13(2,3)4/h6,8,12,14-15H,5,7,9H2,1-4H3. The van der Waals surface area contributed by atoms with Gasteiger partial charge in [-0.15, -0.1) is 0 Å². The van der Waals surface area contributed by atoms with E-state index in [1.54, 1.807) is 6.26 Å². The minimum Gasteiger partial charge on any atom is -0.468 e. The van der Waals surface area contributed by atoms with Gasteiger partial charge in [-0.3, -0.25) is 0 Å². The molecule has 92 valence electrons. The van der Waals surface area contributed by atoms with Crippen LogP contribution in [0.15, 0.2) is 16.7 Å². The van der Waals surface area contributed by atoms with Gasteiger partial charge >= 0.3 is 0 Å². The molecule has 0 aromatic carbocycles. The molecule has 1 aromatic heterocycles. The fourth-order valence-corrected chi connectivity index (χ4v) is 1.77. The van der Waals surface area contributed by atoms with Gasteiger partial charge in [0, 0.05) is 12.6 Å². The summed E-state index contributed by atoms with van der Waals surface area (Å²) in [5, 5.41) is 12.5. The summed E-state index contributed by atoms with van der Waals surface area (Å²) >= 11 is 0. The SMILES string of the molecule is Cc1ccoc1CNC(CCO)C(C)(C)C. The Bertz CT molecular complexity index is 312. The molecule has 1 unspecified atom stereocenters. The van der Waals surface area contributed by atoms with E-state index in [2.05, 4.69) is 26.1 Å². The molecule has 0 saturated carbocycles. The molecule has 0 aliphatic rings. The van der Waals surface area contributed by atoms with Crippen LogP contribution in [0.2, 0.25) is 0 Å². The number of furan rings is 1. The number of nitrogens with one attached hydrogen (secondary N) is 1. The number of aliphatic hydroxyl groups is 1. The number of rotatable bonds is 5. The zero-order valence-electron chi connectivity index (χ0n) is 10.7. The molecular formula is C13H23NO2. The zero-order chi connectivity index (χ0) is 12.2.